The Morgan fingerprint density at radius 1 is 0.930 bits per heavy atom. The summed E-state index contributed by atoms with van der Waals surface area (Å²) in [5.74, 6) is -3.21. The van der Waals surface area contributed by atoms with Gasteiger partial charge in [0.25, 0.3) is 0 Å². The molecule has 0 saturated carbocycles. The molecule has 5 atom stereocenters. The molecule has 0 aliphatic carbocycles. The number of carbonyl (C=O) groups is 6. The van der Waals surface area contributed by atoms with Gasteiger partial charge in [-0.3, -0.25) is 24.5 Å². The van der Waals surface area contributed by atoms with Gasteiger partial charge in [0.05, 0.1) is 18.4 Å². The predicted molar refractivity (Wildman–Crippen MR) is 143 cm³/mol. The van der Waals surface area contributed by atoms with E-state index in [1.807, 2.05) is 0 Å². The molecule has 17 nitrogen and oxygen atoms in total. The summed E-state index contributed by atoms with van der Waals surface area (Å²) in [5.41, 5.74) is 0.403. The minimum atomic E-state index is -2.31. The van der Waals surface area contributed by atoms with E-state index in [-0.39, 0.29) is 23.8 Å². The molecule has 236 valence electrons. The van der Waals surface area contributed by atoms with Gasteiger partial charge in [-0.2, -0.15) is 5.01 Å². The number of nitroso groups, excluding NO2 is 1. The number of amides is 4. The third kappa shape index (κ3) is 11.3. The number of nitrogens with one attached hydrogen (secondary N) is 3. The summed E-state index contributed by atoms with van der Waals surface area (Å²) in [6.45, 7) is 1.92. The maximum atomic E-state index is 15.3. The molecule has 43 heavy (non-hydrogen) atoms. The third-order valence-corrected chi connectivity index (χ3v) is 5.46. The van der Waals surface area contributed by atoms with Crippen LogP contribution in [0, 0.1) is 4.91 Å². The fourth-order valence-electron chi connectivity index (χ4n) is 3.56. The van der Waals surface area contributed by atoms with Crippen LogP contribution in [-0.2, 0) is 42.9 Å². The molecule has 19 heteroatoms. The minimum absolute atomic E-state index is 0.0384. The Balaban J connectivity index is 2.01. The summed E-state index contributed by atoms with van der Waals surface area (Å²) in [7, 11) is 0. The Morgan fingerprint density at radius 3 is 2.05 bits per heavy atom. The zero-order valence-electron chi connectivity index (χ0n) is 23.1. The minimum Gasteiger partial charge on any atom is -0.463 e. The smallest absolute Gasteiger partial charge is 0.414 e. The van der Waals surface area contributed by atoms with E-state index in [0.717, 1.165) is 20.8 Å². The molecule has 0 unspecified atom stereocenters. The first-order valence-electron chi connectivity index (χ1n) is 12.4. The molecule has 1 aliphatic heterocycles. The standard InChI is InChI=1S/C24H29ClFN5O12/c1-12(32)39-11-17-20(40-13(2)33)21(41-14(3)34)19(26)22(42-17)43-24(37)29-16-6-4-15(5-7-16)28-18(35)10-27-23(36)31(30-38)9-8-25/h4-7,17,19-22H,8-11H2,1-3H3,(H,27,36)(H,28,35)(H,29,37)/t17-,19-,20-,21-,22+/m1/s1. The van der Waals surface area contributed by atoms with Gasteiger partial charge in [-0.05, 0) is 24.3 Å². The lowest BCUT2D eigenvalue weighted by molar-refractivity contribution is -0.277. The highest BCUT2D eigenvalue weighted by Gasteiger charge is 2.52. The lowest BCUT2D eigenvalue weighted by atomic mass is 9.99. The molecule has 0 radical (unpaired) electrons. The lowest BCUT2D eigenvalue weighted by Crippen LogP contribution is -2.60. The number of ether oxygens (including phenoxy) is 5. The van der Waals surface area contributed by atoms with Crippen LogP contribution < -0.4 is 16.0 Å². The van der Waals surface area contributed by atoms with Crippen molar-refractivity contribution >= 4 is 58.9 Å². The normalized spacial score (nSPS) is 20.9. The number of urea groups is 1. The second-order valence-corrected chi connectivity index (χ2v) is 9.02. The topological polar surface area (TPSA) is 217 Å². The van der Waals surface area contributed by atoms with Crippen molar-refractivity contribution in [3.8, 4) is 0 Å². The fraction of sp³-hybridized carbons (Fsp3) is 0.500. The van der Waals surface area contributed by atoms with Crippen molar-refractivity contribution in [1.29, 1.82) is 0 Å². The number of hydrogen-bond donors (Lipinski definition) is 3. The zero-order valence-corrected chi connectivity index (χ0v) is 23.8. The first-order valence-corrected chi connectivity index (χ1v) is 13.0. The van der Waals surface area contributed by atoms with Gasteiger partial charge in [0.2, 0.25) is 18.4 Å². The van der Waals surface area contributed by atoms with E-state index in [2.05, 4.69) is 21.2 Å². The van der Waals surface area contributed by atoms with Gasteiger partial charge in [0, 0.05) is 38.0 Å². The van der Waals surface area contributed by atoms with Crippen molar-refractivity contribution in [3.63, 3.8) is 0 Å². The van der Waals surface area contributed by atoms with Gasteiger partial charge in [-0.1, -0.05) is 0 Å². The molecule has 2 rings (SSSR count). The average molecular weight is 634 g/mol. The van der Waals surface area contributed by atoms with E-state index in [1.54, 1.807) is 0 Å². The molecule has 1 aromatic carbocycles. The van der Waals surface area contributed by atoms with Crippen molar-refractivity contribution < 1.29 is 56.8 Å². The second kappa shape index (κ2) is 16.8. The highest BCUT2D eigenvalue weighted by molar-refractivity contribution is 6.18. The summed E-state index contributed by atoms with van der Waals surface area (Å²) < 4.78 is 40.7. The quantitative estimate of drug-likeness (QED) is 0.0983. The second-order valence-electron chi connectivity index (χ2n) is 8.65. The van der Waals surface area contributed by atoms with Gasteiger partial charge < -0.3 is 34.3 Å². The van der Waals surface area contributed by atoms with Crippen LogP contribution in [0.4, 0.5) is 25.4 Å². The first-order chi connectivity index (χ1) is 20.3. The van der Waals surface area contributed by atoms with Gasteiger partial charge in [0.15, 0.2) is 12.2 Å². The van der Waals surface area contributed by atoms with Gasteiger partial charge >= 0.3 is 30.0 Å². The molecule has 4 amide bonds. The van der Waals surface area contributed by atoms with Crippen LogP contribution >= 0.6 is 11.6 Å². The SMILES string of the molecule is CC(=O)OC[C@H]1O[C@@H](OC(=O)Nc2ccc(NC(=O)CNC(=O)N(CCCl)N=O)cc2)[C@H](F)[C@@H](OC(C)=O)[C@@H]1OC(C)=O. The number of anilines is 2. The molecule has 1 aromatic rings. The van der Waals surface area contributed by atoms with Crippen molar-refractivity contribution in [2.24, 2.45) is 5.29 Å². The van der Waals surface area contributed by atoms with Crippen LogP contribution in [0.25, 0.3) is 0 Å². The molecule has 0 aromatic heterocycles. The number of rotatable bonds is 12. The predicted octanol–water partition coefficient (Wildman–Crippen LogP) is 1.59. The summed E-state index contributed by atoms with van der Waals surface area (Å²) in [5, 5.41) is 9.97. The number of alkyl halides is 2. The molecule has 1 heterocycles. The number of nitrogens with zero attached hydrogens (tertiary/aromatic N) is 2. The Morgan fingerprint density at radius 2 is 1.51 bits per heavy atom. The van der Waals surface area contributed by atoms with E-state index in [1.165, 1.54) is 24.3 Å². The summed E-state index contributed by atoms with van der Waals surface area (Å²) in [4.78, 5) is 81.5. The van der Waals surface area contributed by atoms with Crippen LogP contribution in [0.5, 0.6) is 0 Å². The van der Waals surface area contributed by atoms with Gasteiger partial charge in [-0.15, -0.1) is 16.5 Å². The Bertz CT molecular complexity index is 1190. The summed E-state index contributed by atoms with van der Waals surface area (Å²) in [6.07, 6.45) is -10.1. The molecule has 1 fully saturated rings. The molecule has 0 bridgehead atoms. The number of halogens is 2. The van der Waals surface area contributed by atoms with Crippen molar-refractivity contribution in [1.82, 2.24) is 10.3 Å². The maximum absolute atomic E-state index is 15.3. The highest BCUT2D eigenvalue weighted by Crippen LogP contribution is 2.30. The Labute approximate surface area is 248 Å². The zero-order chi connectivity index (χ0) is 32.1. The van der Waals surface area contributed by atoms with E-state index < -0.39 is 79.9 Å². The van der Waals surface area contributed by atoms with Crippen LogP contribution in [-0.4, -0.2) is 97.3 Å². The monoisotopic (exact) mass is 633 g/mol. The van der Waals surface area contributed by atoms with Crippen molar-refractivity contribution in [2.45, 2.75) is 51.5 Å². The molecular formula is C24H29ClFN5O12. The van der Waals surface area contributed by atoms with E-state index in [4.69, 9.17) is 35.3 Å². The number of hydrogen-bond acceptors (Lipinski definition) is 13. The van der Waals surface area contributed by atoms with Crippen molar-refractivity contribution in [2.75, 3.05) is 36.2 Å². The number of esters is 3. The number of carbonyl (C=O) groups excluding carboxylic acids is 6. The maximum Gasteiger partial charge on any atom is 0.414 e. The average Bonchev–Trinajstić information content (AvgIpc) is 2.93. The molecule has 3 N–H and O–H groups in total. The molecular weight excluding hydrogens is 605 g/mol. The Hall–Kier alpha value is -4.58. The van der Waals surface area contributed by atoms with Gasteiger partial charge in [0.1, 0.15) is 12.7 Å². The van der Waals surface area contributed by atoms with E-state index in [0.29, 0.717) is 5.01 Å². The van der Waals surface area contributed by atoms with Crippen LogP contribution in [0.3, 0.4) is 0 Å². The van der Waals surface area contributed by atoms with Crippen molar-refractivity contribution in [3.05, 3.63) is 29.2 Å². The number of benzene rings is 1. The molecule has 1 saturated heterocycles. The third-order valence-electron chi connectivity index (χ3n) is 5.30. The summed E-state index contributed by atoms with van der Waals surface area (Å²) >= 11 is 5.46. The fourth-order valence-corrected chi connectivity index (χ4v) is 3.72. The van der Waals surface area contributed by atoms with E-state index in [9.17, 15) is 33.7 Å². The lowest BCUT2D eigenvalue weighted by Gasteiger charge is -2.41. The molecule has 0 spiro atoms. The summed E-state index contributed by atoms with van der Waals surface area (Å²) in [6, 6.07) is 4.55. The van der Waals surface area contributed by atoms with Crippen LogP contribution in [0.1, 0.15) is 20.8 Å². The highest BCUT2D eigenvalue weighted by atomic mass is 35.5. The van der Waals surface area contributed by atoms with Crippen LogP contribution in [0.15, 0.2) is 29.6 Å². The van der Waals surface area contributed by atoms with E-state index >= 15 is 4.39 Å². The largest absolute Gasteiger partial charge is 0.463 e. The van der Waals surface area contributed by atoms with Crippen LogP contribution in [0.2, 0.25) is 0 Å². The van der Waals surface area contributed by atoms with Gasteiger partial charge in [-0.25, -0.2) is 14.0 Å². The first kappa shape index (κ1) is 34.6. The Kier molecular flexibility index (Phi) is 13.5. The molecule has 1 aliphatic rings.